The number of rotatable bonds is 6. The van der Waals surface area contributed by atoms with Crippen LogP contribution in [0.2, 0.25) is 0 Å². The first-order chi connectivity index (χ1) is 12.2. The molecule has 0 unspecified atom stereocenters. The van der Waals surface area contributed by atoms with E-state index < -0.39 is 0 Å². The van der Waals surface area contributed by atoms with Crippen molar-refractivity contribution >= 4 is 29.9 Å². The fraction of sp³-hybridized carbons (Fsp3) is 0.211. The second-order valence-corrected chi connectivity index (χ2v) is 5.72. The first-order valence-corrected chi connectivity index (χ1v) is 8.26. The minimum atomic E-state index is 0. The summed E-state index contributed by atoms with van der Waals surface area (Å²) in [4.78, 5) is 8.68. The smallest absolute Gasteiger partial charge is 0.188 e. The molecule has 0 aliphatic rings. The van der Waals surface area contributed by atoms with Crippen molar-refractivity contribution in [2.75, 3.05) is 6.54 Å². The van der Waals surface area contributed by atoms with Crippen LogP contribution in [-0.4, -0.2) is 27.3 Å². The summed E-state index contributed by atoms with van der Waals surface area (Å²) >= 11 is 0. The molecule has 0 atom stereocenters. The van der Waals surface area contributed by atoms with Gasteiger partial charge in [0.15, 0.2) is 5.96 Å². The van der Waals surface area contributed by atoms with Gasteiger partial charge in [0.1, 0.15) is 0 Å². The van der Waals surface area contributed by atoms with Gasteiger partial charge in [-0.2, -0.15) is 5.10 Å². The minimum Gasteiger partial charge on any atom is -0.370 e. The van der Waals surface area contributed by atoms with Crippen LogP contribution in [0.4, 0.5) is 0 Å². The predicted octanol–water partition coefficient (Wildman–Crippen LogP) is 2.84. The van der Waals surface area contributed by atoms with Crippen LogP contribution in [0.15, 0.2) is 65.9 Å². The van der Waals surface area contributed by atoms with Gasteiger partial charge in [-0.1, -0.05) is 24.3 Å². The fourth-order valence-corrected chi connectivity index (χ4v) is 2.45. The number of guanidine groups is 1. The molecule has 0 aliphatic heterocycles. The number of para-hydroxylation sites is 1. The van der Waals surface area contributed by atoms with Crippen molar-refractivity contribution in [3.8, 4) is 5.69 Å². The maximum absolute atomic E-state index is 5.94. The van der Waals surface area contributed by atoms with Gasteiger partial charge in [-0.25, -0.2) is 9.67 Å². The number of benzene rings is 1. The van der Waals surface area contributed by atoms with Crippen molar-refractivity contribution in [3.05, 3.63) is 77.9 Å². The molecule has 3 rings (SSSR count). The first kappa shape index (κ1) is 19.9. The summed E-state index contributed by atoms with van der Waals surface area (Å²) in [6, 6.07) is 15.9. The van der Waals surface area contributed by atoms with Crippen LogP contribution < -0.4 is 11.1 Å². The third-order valence-corrected chi connectivity index (χ3v) is 3.85. The van der Waals surface area contributed by atoms with Crippen LogP contribution in [0.5, 0.6) is 0 Å². The Kier molecular flexibility index (Phi) is 7.58. The average molecular weight is 462 g/mol. The SMILES string of the molecule is Cc1nn(-c2ccccc2)cc1CN=C(N)NCCc1ccccn1.I. The van der Waals surface area contributed by atoms with E-state index in [-0.39, 0.29) is 24.0 Å². The second-order valence-electron chi connectivity index (χ2n) is 5.72. The zero-order valence-electron chi connectivity index (χ0n) is 14.7. The highest BCUT2D eigenvalue weighted by molar-refractivity contribution is 14.0. The molecule has 3 N–H and O–H groups in total. The molecule has 3 aromatic rings. The van der Waals surface area contributed by atoms with Crippen LogP contribution in [0.25, 0.3) is 5.69 Å². The Hall–Kier alpha value is -2.42. The van der Waals surface area contributed by atoms with Crippen LogP contribution in [0.1, 0.15) is 17.0 Å². The van der Waals surface area contributed by atoms with Gasteiger partial charge in [0.05, 0.1) is 17.9 Å². The number of aliphatic imine (C=N–C) groups is 1. The Bertz CT molecular complexity index is 830. The van der Waals surface area contributed by atoms with E-state index >= 15 is 0 Å². The maximum atomic E-state index is 5.94. The molecule has 0 bridgehead atoms. The van der Waals surface area contributed by atoms with Gasteiger partial charge < -0.3 is 11.1 Å². The van der Waals surface area contributed by atoms with Gasteiger partial charge >= 0.3 is 0 Å². The lowest BCUT2D eigenvalue weighted by Gasteiger charge is -2.05. The van der Waals surface area contributed by atoms with Gasteiger partial charge in [-0.15, -0.1) is 24.0 Å². The Morgan fingerprint density at radius 3 is 2.65 bits per heavy atom. The first-order valence-electron chi connectivity index (χ1n) is 8.26. The van der Waals surface area contributed by atoms with E-state index in [2.05, 4.69) is 20.4 Å². The largest absolute Gasteiger partial charge is 0.370 e. The molecule has 0 saturated carbocycles. The van der Waals surface area contributed by atoms with Crippen molar-refractivity contribution in [2.24, 2.45) is 10.7 Å². The number of nitrogens with one attached hydrogen (secondary N) is 1. The van der Waals surface area contributed by atoms with Crippen LogP contribution in [0.3, 0.4) is 0 Å². The number of aryl methyl sites for hydroxylation is 1. The monoisotopic (exact) mass is 462 g/mol. The summed E-state index contributed by atoms with van der Waals surface area (Å²) < 4.78 is 1.87. The van der Waals surface area contributed by atoms with Gasteiger partial charge in [-0.05, 0) is 31.2 Å². The van der Waals surface area contributed by atoms with Crippen LogP contribution in [0, 0.1) is 6.92 Å². The summed E-state index contributed by atoms with van der Waals surface area (Å²) in [5.41, 5.74) is 10.0. The molecular weight excluding hydrogens is 439 g/mol. The molecule has 2 heterocycles. The van der Waals surface area contributed by atoms with E-state index in [0.717, 1.165) is 29.1 Å². The van der Waals surface area contributed by atoms with Crippen molar-refractivity contribution in [1.29, 1.82) is 0 Å². The lowest BCUT2D eigenvalue weighted by atomic mass is 10.2. The standard InChI is InChI=1S/C19H22N6.HI/c1-15-16(14-25(24-15)18-8-3-2-4-9-18)13-23-19(20)22-12-10-17-7-5-6-11-21-17;/h2-9,11,14H,10,12-13H2,1H3,(H3,20,22,23);1H. The highest BCUT2D eigenvalue weighted by Gasteiger charge is 2.06. The van der Waals surface area contributed by atoms with Gasteiger partial charge in [-0.3, -0.25) is 4.98 Å². The van der Waals surface area contributed by atoms with Gasteiger partial charge in [0, 0.05) is 36.6 Å². The van der Waals surface area contributed by atoms with E-state index in [0.29, 0.717) is 19.0 Å². The third kappa shape index (κ3) is 5.55. The molecule has 0 aliphatic carbocycles. The summed E-state index contributed by atoms with van der Waals surface area (Å²) in [6.07, 6.45) is 4.59. The zero-order chi connectivity index (χ0) is 17.5. The maximum Gasteiger partial charge on any atom is 0.188 e. The van der Waals surface area contributed by atoms with Crippen molar-refractivity contribution in [3.63, 3.8) is 0 Å². The number of pyridine rings is 1. The Balaban J connectivity index is 0.00000243. The normalized spacial score (nSPS) is 11.0. The van der Waals surface area contributed by atoms with Crippen molar-refractivity contribution in [1.82, 2.24) is 20.1 Å². The summed E-state index contributed by atoms with van der Waals surface area (Å²) in [5, 5.41) is 7.66. The molecule has 26 heavy (non-hydrogen) atoms. The molecule has 0 amide bonds. The highest BCUT2D eigenvalue weighted by atomic mass is 127. The van der Waals surface area contributed by atoms with E-state index in [9.17, 15) is 0 Å². The number of hydrogen-bond acceptors (Lipinski definition) is 3. The summed E-state index contributed by atoms with van der Waals surface area (Å²) in [5.74, 6) is 0.433. The van der Waals surface area contributed by atoms with E-state index in [4.69, 9.17) is 5.73 Å². The summed E-state index contributed by atoms with van der Waals surface area (Å²) in [7, 11) is 0. The molecule has 7 heteroatoms. The Labute approximate surface area is 170 Å². The lowest BCUT2D eigenvalue weighted by Crippen LogP contribution is -2.33. The fourth-order valence-electron chi connectivity index (χ4n) is 2.45. The molecule has 6 nitrogen and oxygen atoms in total. The Morgan fingerprint density at radius 1 is 1.15 bits per heavy atom. The molecular formula is C19H23IN6. The number of halogens is 1. The van der Waals surface area contributed by atoms with E-state index in [1.165, 1.54) is 0 Å². The second kappa shape index (κ2) is 9.91. The lowest BCUT2D eigenvalue weighted by molar-refractivity contribution is 0.827. The molecule has 136 valence electrons. The molecule has 0 radical (unpaired) electrons. The topological polar surface area (TPSA) is 81.1 Å². The predicted molar refractivity (Wildman–Crippen MR) is 115 cm³/mol. The zero-order valence-corrected chi connectivity index (χ0v) is 17.0. The third-order valence-electron chi connectivity index (χ3n) is 3.85. The van der Waals surface area contributed by atoms with Crippen molar-refractivity contribution < 1.29 is 0 Å². The molecule has 0 fully saturated rings. The van der Waals surface area contributed by atoms with Gasteiger partial charge in [0.2, 0.25) is 0 Å². The molecule has 0 spiro atoms. The van der Waals surface area contributed by atoms with E-state index in [1.807, 2.05) is 66.3 Å². The quantitative estimate of drug-likeness (QED) is 0.336. The van der Waals surface area contributed by atoms with Crippen LogP contribution in [-0.2, 0) is 13.0 Å². The Morgan fingerprint density at radius 2 is 1.92 bits per heavy atom. The molecule has 2 aromatic heterocycles. The number of nitrogens with two attached hydrogens (primary N) is 1. The van der Waals surface area contributed by atoms with E-state index in [1.54, 1.807) is 6.20 Å². The molecule has 1 aromatic carbocycles. The van der Waals surface area contributed by atoms with Gasteiger partial charge in [0.25, 0.3) is 0 Å². The summed E-state index contributed by atoms with van der Waals surface area (Å²) in [6.45, 7) is 3.19. The number of hydrogen-bond donors (Lipinski definition) is 2. The molecule has 0 saturated heterocycles. The van der Waals surface area contributed by atoms with Crippen molar-refractivity contribution in [2.45, 2.75) is 19.9 Å². The number of nitrogens with zero attached hydrogens (tertiary/aromatic N) is 4. The highest BCUT2D eigenvalue weighted by Crippen LogP contribution is 2.12. The minimum absolute atomic E-state index is 0. The average Bonchev–Trinajstić information content (AvgIpc) is 3.02. The number of aromatic nitrogens is 3. The van der Waals surface area contributed by atoms with Crippen LogP contribution >= 0.6 is 24.0 Å².